The number of unbranched alkanes of at least 4 members (excludes halogenated alkanes) is 1. The summed E-state index contributed by atoms with van der Waals surface area (Å²) in [5.41, 5.74) is 11.9. The number of rotatable bonds is 29. The van der Waals surface area contributed by atoms with Crippen molar-refractivity contribution >= 4 is 71.0 Å². The molecule has 24 heteroatoms. The lowest BCUT2D eigenvalue weighted by atomic mass is 10.0. The third kappa shape index (κ3) is 19.8. The number of likely N-dealkylation sites (tertiary alicyclic amines) is 1. The van der Waals surface area contributed by atoms with Gasteiger partial charge in [0, 0.05) is 19.4 Å². The number of phenolic OH excluding ortho intramolecular Hbond substituents is 1. The van der Waals surface area contributed by atoms with Crippen LogP contribution in [-0.4, -0.2) is 159 Å². The average molecular weight is 965 g/mol. The molecule has 1 aliphatic rings. The highest BCUT2D eigenvalue weighted by atomic mass is 32.2. The fraction of sp³-hybridized carbons (Fsp3) is 0.628. The second kappa shape index (κ2) is 28.9. The van der Waals surface area contributed by atoms with Crippen molar-refractivity contribution in [3.63, 3.8) is 0 Å². The van der Waals surface area contributed by atoms with Gasteiger partial charge >= 0.3 is 11.9 Å². The number of carbonyl (C=O) groups excluding carboxylic acids is 8. The number of carboxylic acids is 2. The molecule has 374 valence electrons. The highest BCUT2D eigenvalue weighted by molar-refractivity contribution is 7.98. The summed E-state index contributed by atoms with van der Waals surface area (Å²) >= 11 is 1.38. The molecule has 0 aromatic heterocycles. The first-order valence-corrected chi connectivity index (χ1v) is 23.6. The van der Waals surface area contributed by atoms with Crippen LogP contribution < -0.4 is 48.7 Å². The van der Waals surface area contributed by atoms with Gasteiger partial charge in [-0.1, -0.05) is 26.0 Å². The first-order valence-electron chi connectivity index (χ1n) is 22.2. The Bertz CT molecular complexity index is 1890. The second-order valence-electron chi connectivity index (χ2n) is 16.7. The topological polar surface area (TPSA) is 371 Å². The first-order chi connectivity index (χ1) is 31.6. The SMILES string of the molecule is CSCC[C@H](NC(=O)[C@H](C)NC(=O)[C@H](CCCCN)NC(=O)CNC(=O)[C@@H](NC(=O)[C@@H](N)CCC(=O)O)C(C)C)C(=O)N[C@@H](Cc1ccc(O)cc1)C(=O)N[C@@H](C)C(=O)N1CCC[C@H]1C(=O)O. The third-order valence-electron chi connectivity index (χ3n) is 10.8. The van der Waals surface area contributed by atoms with Crippen molar-refractivity contribution in [2.45, 2.75) is 134 Å². The zero-order valence-corrected chi connectivity index (χ0v) is 39.4. The van der Waals surface area contributed by atoms with E-state index in [1.165, 1.54) is 54.8 Å². The Kier molecular flexibility index (Phi) is 24.6. The zero-order chi connectivity index (χ0) is 50.4. The van der Waals surface area contributed by atoms with Gasteiger partial charge < -0.3 is 68.9 Å². The van der Waals surface area contributed by atoms with Crippen LogP contribution in [0, 0.1) is 5.92 Å². The van der Waals surface area contributed by atoms with E-state index in [0.29, 0.717) is 37.1 Å². The van der Waals surface area contributed by atoms with E-state index in [-0.39, 0.29) is 50.8 Å². The van der Waals surface area contributed by atoms with Crippen molar-refractivity contribution in [1.29, 1.82) is 0 Å². The van der Waals surface area contributed by atoms with Crippen LogP contribution in [0.3, 0.4) is 0 Å². The number of benzene rings is 1. The van der Waals surface area contributed by atoms with Gasteiger partial charge in [0.05, 0.1) is 12.6 Å². The van der Waals surface area contributed by atoms with Crippen LogP contribution in [0.15, 0.2) is 24.3 Å². The van der Waals surface area contributed by atoms with Gasteiger partial charge in [0.25, 0.3) is 0 Å². The number of carboxylic acid groups (broad SMARTS) is 2. The van der Waals surface area contributed by atoms with E-state index in [2.05, 4.69) is 37.2 Å². The van der Waals surface area contributed by atoms with Gasteiger partial charge in [0.15, 0.2) is 0 Å². The number of amides is 8. The van der Waals surface area contributed by atoms with Crippen LogP contribution in [0.1, 0.15) is 84.6 Å². The van der Waals surface area contributed by atoms with Gasteiger partial charge in [0.1, 0.15) is 48.0 Å². The molecule has 0 saturated carbocycles. The van der Waals surface area contributed by atoms with E-state index < -0.39 is 120 Å². The number of hydrogen-bond donors (Lipinski definition) is 12. The minimum Gasteiger partial charge on any atom is -0.508 e. The quantitative estimate of drug-likeness (QED) is 0.0379. The maximum absolute atomic E-state index is 13.9. The maximum atomic E-state index is 13.9. The number of nitrogens with two attached hydrogens (primary N) is 2. The number of nitrogens with zero attached hydrogens (tertiary/aromatic N) is 1. The van der Waals surface area contributed by atoms with E-state index in [1.807, 2.05) is 0 Å². The minimum atomic E-state index is -1.31. The summed E-state index contributed by atoms with van der Waals surface area (Å²) < 4.78 is 0. The average Bonchev–Trinajstić information content (AvgIpc) is 3.78. The van der Waals surface area contributed by atoms with Crippen LogP contribution >= 0.6 is 11.8 Å². The van der Waals surface area contributed by atoms with Crippen LogP contribution in [0.4, 0.5) is 0 Å². The number of aromatic hydroxyl groups is 1. The molecule has 8 atom stereocenters. The summed E-state index contributed by atoms with van der Waals surface area (Å²) in [6.07, 6.45) is 2.99. The van der Waals surface area contributed by atoms with E-state index >= 15 is 0 Å². The maximum Gasteiger partial charge on any atom is 0.326 e. The molecule has 0 aliphatic carbocycles. The number of phenols is 1. The van der Waals surface area contributed by atoms with Gasteiger partial charge in [-0.05, 0) is 101 Å². The van der Waals surface area contributed by atoms with Crippen LogP contribution in [0.5, 0.6) is 5.75 Å². The Labute approximate surface area is 393 Å². The first kappa shape index (κ1) is 57.1. The predicted molar refractivity (Wildman–Crippen MR) is 246 cm³/mol. The summed E-state index contributed by atoms with van der Waals surface area (Å²) in [7, 11) is 0. The summed E-state index contributed by atoms with van der Waals surface area (Å²) in [4.78, 5) is 130. The molecular weight excluding hydrogens is 897 g/mol. The molecule has 1 aliphatic heterocycles. The van der Waals surface area contributed by atoms with Gasteiger partial charge in [-0.3, -0.25) is 43.2 Å². The monoisotopic (exact) mass is 964 g/mol. The molecule has 0 radical (unpaired) electrons. The molecule has 1 aromatic carbocycles. The lowest BCUT2D eigenvalue weighted by Crippen LogP contribution is -2.59. The molecule has 1 saturated heterocycles. The van der Waals surface area contributed by atoms with Gasteiger partial charge in [-0.15, -0.1) is 0 Å². The summed E-state index contributed by atoms with van der Waals surface area (Å²) in [6, 6.07) is -3.64. The van der Waals surface area contributed by atoms with Gasteiger partial charge in [-0.25, -0.2) is 4.79 Å². The molecule has 1 heterocycles. The largest absolute Gasteiger partial charge is 0.508 e. The van der Waals surface area contributed by atoms with Gasteiger partial charge in [0.2, 0.25) is 47.3 Å². The van der Waals surface area contributed by atoms with Crippen LogP contribution in [0.2, 0.25) is 0 Å². The Balaban J connectivity index is 2.17. The molecule has 0 unspecified atom stereocenters. The normalized spacial score (nSPS) is 16.5. The number of nitrogens with one attached hydrogen (secondary N) is 7. The fourth-order valence-electron chi connectivity index (χ4n) is 6.93. The van der Waals surface area contributed by atoms with Crippen molar-refractivity contribution in [2.75, 3.05) is 31.6 Å². The zero-order valence-electron chi connectivity index (χ0n) is 38.6. The minimum absolute atomic E-state index is 0.0418. The van der Waals surface area contributed by atoms with Crippen LogP contribution in [0.25, 0.3) is 0 Å². The second-order valence-corrected chi connectivity index (χ2v) is 17.6. The highest BCUT2D eigenvalue weighted by Gasteiger charge is 2.37. The Morgan fingerprint density at radius 2 is 1.33 bits per heavy atom. The van der Waals surface area contributed by atoms with Crippen molar-refractivity contribution in [3.8, 4) is 5.75 Å². The summed E-state index contributed by atoms with van der Waals surface area (Å²) in [6.45, 7) is 5.93. The fourth-order valence-corrected chi connectivity index (χ4v) is 7.40. The molecule has 23 nitrogen and oxygen atoms in total. The van der Waals surface area contributed by atoms with Crippen molar-refractivity contribution < 1.29 is 63.3 Å². The van der Waals surface area contributed by atoms with E-state index in [4.69, 9.17) is 16.6 Å². The molecule has 2 rings (SSSR count). The molecule has 1 aromatic rings. The highest BCUT2D eigenvalue weighted by Crippen LogP contribution is 2.19. The third-order valence-corrected chi connectivity index (χ3v) is 11.5. The predicted octanol–water partition coefficient (Wildman–Crippen LogP) is -2.19. The molecule has 67 heavy (non-hydrogen) atoms. The molecular formula is C43H68N10O13S. The number of thioether (sulfide) groups is 1. The van der Waals surface area contributed by atoms with Gasteiger partial charge in [-0.2, -0.15) is 11.8 Å². The molecule has 1 fully saturated rings. The molecule has 0 bridgehead atoms. The lowest BCUT2D eigenvalue weighted by Gasteiger charge is -2.28. The van der Waals surface area contributed by atoms with E-state index in [0.717, 1.165) is 0 Å². The summed E-state index contributed by atoms with van der Waals surface area (Å²) in [5.74, 6) is -8.37. The Morgan fingerprint density at radius 1 is 0.731 bits per heavy atom. The van der Waals surface area contributed by atoms with E-state index in [9.17, 15) is 58.2 Å². The van der Waals surface area contributed by atoms with E-state index in [1.54, 1.807) is 20.1 Å². The van der Waals surface area contributed by atoms with Crippen molar-refractivity contribution in [2.24, 2.45) is 17.4 Å². The smallest absolute Gasteiger partial charge is 0.326 e. The van der Waals surface area contributed by atoms with Crippen LogP contribution in [-0.2, 0) is 54.4 Å². The number of carbonyl (C=O) groups is 10. The van der Waals surface area contributed by atoms with Crippen molar-refractivity contribution in [3.05, 3.63) is 29.8 Å². The molecule has 14 N–H and O–H groups in total. The Hall–Kier alpha value is -6.01. The molecule has 8 amide bonds. The van der Waals surface area contributed by atoms with Crippen molar-refractivity contribution in [1.82, 2.24) is 42.1 Å². The lowest BCUT2D eigenvalue weighted by molar-refractivity contribution is -0.149. The summed E-state index contributed by atoms with van der Waals surface area (Å²) in [5, 5.41) is 46.1. The number of aliphatic carboxylic acids is 2. The standard InChI is InChI=1S/C43H68N10O13S/c1-23(2)35(52-37(59)28(45)15-16-34(56)57)41(63)46-22-33(55)49-29(9-6-7-18-44)38(60)47-24(3)36(58)50-30(17-20-67-5)39(61)51-31(21-26-11-13-27(54)14-12-26)40(62)48-25(4)42(64)53-19-8-10-32(53)43(65)66/h11-14,23-25,28-32,35,54H,6-10,15-22,44-45H2,1-5H3,(H,46,63)(H,47,60)(H,48,62)(H,49,55)(H,50,58)(H,51,61)(H,52,59)(H,56,57)(H,65,66)/t24-,25-,28-,29-,30-,31-,32-,35-/m0/s1. The number of hydrogen-bond acceptors (Lipinski definition) is 14. The Morgan fingerprint density at radius 3 is 1.93 bits per heavy atom. The molecule has 0 spiro atoms.